The van der Waals surface area contributed by atoms with Crippen LogP contribution in [0.5, 0.6) is 0 Å². The fourth-order valence-corrected chi connectivity index (χ4v) is 0. The van der Waals surface area contributed by atoms with E-state index in [4.69, 9.17) is 0 Å². The van der Waals surface area contributed by atoms with E-state index >= 15 is 0 Å². The quantitative estimate of drug-likeness (QED) is 0.237. The molecule has 0 fully saturated rings. The molecular weight excluding hydrogens is 109 g/mol. The van der Waals surface area contributed by atoms with E-state index in [1.165, 1.54) is 0 Å². The minimum atomic E-state index is -1.62. The summed E-state index contributed by atoms with van der Waals surface area (Å²) in [5.74, 6) is 0. The van der Waals surface area contributed by atoms with Crippen LogP contribution in [-0.4, -0.2) is 8.07 Å². The average Bonchev–Trinajstić information content (AvgIpc) is 1.35. The van der Waals surface area contributed by atoms with Gasteiger partial charge >= 0.3 is 56.6 Å². The zero-order chi connectivity index (χ0) is 5.21. The van der Waals surface area contributed by atoms with E-state index in [-0.39, 0.29) is 56.6 Å². The first-order chi connectivity index (χ1) is 2.56. The SMILES string of the molecule is C=C[Si]([CH2-])([CH2-])[CH2-].[Li+].[Li+].[Li+]. The van der Waals surface area contributed by atoms with Gasteiger partial charge in [-0.3, -0.25) is 0 Å². The molecule has 0 aromatic heterocycles. The molecule has 0 aliphatic carbocycles. The smallest absolute Gasteiger partial charge is 0.388 e. The van der Waals surface area contributed by atoms with Crippen molar-refractivity contribution in [2.45, 2.75) is 0 Å². The molecule has 0 bridgehead atoms. The van der Waals surface area contributed by atoms with Gasteiger partial charge in [0.2, 0.25) is 0 Å². The first-order valence-electron chi connectivity index (χ1n) is 1.76. The van der Waals surface area contributed by atoms with Crippen molar-refractivity contribution in [3.8, 4) is 0 Å². The van der Waals surface area contributed by atoms with Crippen LogP contribution in [0, 0.1) is 19.6 Å². The molecule has 0 aliphatic heterocycles. The van der Waals surface area contributed by atoms with Gasteiger partial charge in [-0.15, -0.1) is 6.58 Å². The maximum atomic E-state index is 3.69. The average molecular weight is 118 g/mol. The van der Waals surface area contributed by atoms with Crippen molar-refractivity contribution in [3.05, 3.63) is 31.9 Å². The van der Waals surface area contributed by atoms with Gasteiger partial charge in [0.05, 0.1) is 0 Å². The standard InChI is InChI=1S/C5H9Si.3Li/c1-5-6(2,3)4;;;/h5H,1-4H2;;;/q-3;3*+1. The van der Waals surface area contributed by atoms with Gasteiger partial charge in [0.25, 0.3) is 0 Å². The normalized spacial score (nSPS) is 7.44. The van der Waals surface area contributed by atoms with Crippen molar-refractivity contribution < 1.29 is 56.6 Å². The molecule has 0 aliphatic rings. The van der Waals surface area contributed by atoms with E-state index in [0.717, 1.165) is 0 Å². The number of hydrogen-bond acceptors (Lipinski definition) is 0. The third-order valence-corrected chi connectivity index (χ3v) is 1.30. The van der Waals surface area contributed by atoms with Crippen molar-refractivity contribution in [3.63, 3.8) is 0 Å². The molecule has 4 heteroatoms. The zero-order valence-electron chi connectivity index (χ0n) is 6.91. The summed E-state index contributed by atoms with van der Waals surface area (Å²) in [7, 11) is -1.62. The molecule has 0 N–H and O–H groups in total. The molecule has 9 heavy (non-hydrogen) atoms. The van der Waals surface area contributed by atoms with E-state index in [9.17, 15) is 0 Å². The first kappa shape index (κ1) is 22.4. The predicted molar refractivity (Wildman–Crippen MR) is 32.0 cm³/mol. The Morgan fingerprint density at radius 2 is 1.11 bits per heavy atom. The van der Waals surface area contributed by atoms with Gasteiger partial charge in [-0.1, -0.05) is 0 Å². The second-order valence-corrected chi connectivity index (χ2v) is 4.70. The van der Waals surface area contributed by atoms with E-state index < -0.39 is 8.07 Å². The fourth-order valence-electron chi connectivity index (χ4n) is 0. The first-order valence-corrected chi connectivity index (χ1v) is 4.46. The molecule has 36 valence electrons. The summed E-state index contributed by atoms with van der Waals surface area (Å²) in [5.41, 5.74) is 1.74. The monoisotopic (exact) mass is 118 g/mol. The Morgan fingerprint density at radius 1 is 1.00 bits per heavy atom. The molecule has 0 spiro atoms. The van der Waals surface area contributed by atoms with Crippen LogP contribution in [0.1, 0.15) is 0 Å². The fraction of sp³-hybridized carbons (Fsp3) is 0. The maximum Gasteiger partial charge on any atom is 1.00 e. The third kappa shape index (κ3) is 26.0. The third-order valence-electron chi connectivity index (χ3n) is 0.433. The zero-order valence-corrected chi connectivity index (χ0v) is 7.91. The molecule has 0 saturated heterocycles. The second-order valence-electron chi connectivity index (χ2n) is 1.57. The Morgan fingerprint density at radius 3 is 1.11 bits per heavy atom. The molecule has 0 aromatic rings. The van der Waals surface area contributed by atoms with Crippen molar-refractivity contribution in [1.29, 1.82) is 0 Å². The van der Waals surface area contributed by atoms with Gasteiger partial charge in [0.1, 0.15) is 0 Å². The minimum Gasteiger partial charge on any atom is -0.388 e. The van der Waals surface area contributed by atoms with E-state index in [1.54, 1.807) is 5.70 Å². The molecule has 0 amide bonds. The summed E-state index contributed by atoms with van der Waals surface area (Å²) in [4.78, 5) is 0. The summed E-state index contributed by atoms with van der Waals surface area (Å²) in [5, 5.41) is 0. The summed E-state index contributed by atoms with van der Waals surface area (Å²) in [6.45, 7) is 14.6. The largest absolute Gasteiger partial charge is 1.00 e. The van der Waals surface area contributed by atoms with Crippen molar-refractivity contribution in [1.82, 2.24) is 0 Å². The predicted octanol–water partition coefficient (Wildman–Crippen LogP) is -7.71. The molecule has 0 radical (unpaired) electrons. The summed E-state index contributed by atoms with van der Waals surface area (Å²) < 4.78 is 0. The Balaban J connectivity index is -0.0000000417. The molecule has 0 saturated carbocycles. The molecule has 0 unspecified atom stereocenters. The van der Waals surface area contributed by atoms with Crippen LogP contribution in [0.2, 0.25) is 0 Å². The number of rotatable bonds is 1. The summed E-state index contributed by atoms with van der Waals surface area (Å²) in [6, 6.07) is 0. The van der Waals surface area contributed by atoms with Crippen molar-refractivity contribution >= 4 is 8.07 Å². The Hall–Kier alpha value is 1.75. The van der Waals surface area contributed by atoms with E-state index in [2.05, 4.69) is 26.2 Å². The topological polar surface area (TPSA) is 0 Å². The molecular formula is C5H9Li3Si. The summed E-state index contributed by atoms with van der Waals surface area (Å²) in [6.07, 6.45) is 0. The van der Waals surface area contributed by atoms with E-state index in [0.29, 0.717) is 0 Å². The van der Waals surface area contributed by atoms with Crippen LogP contribution < -0.4 is 56.6 Å². The van der Waals surface area contributed by atoms with Gasteiger partial charge in [-0.05, 0) is 0 Å². The van der Waals surface area contributed by atoms with Gasteiger partial charge in [0.15, 0.2) is 0 Å². The van der Waals surface area contributed by atoms with Crippen LogP contribution in [0.15, 0.2) is 12.3 Å². The maximum absolute atomic E-state index is 3.69. The van der Waals surface area contributed by atoms with Crippen molar-refractivity contribution in [2.24, 2.45) is 0 Å². The number of hydrogen-bond donors (Lipinski definition) is 0. The molecule has 0 rings (SSSR count). The Bertz CT molecular complexity index is 57.7. The minimum absolute atomic E-state index is 0. The van der Waals surface area contributed by atoms with Crippen LogP contribution in [0.3, 0.4) is 0 Å². The summed E-state index contributed by atoms with van der Waals surface area (Å²) >= 11 is 0. The van der Waals surface area contributed by atoms with Gasteiger partial charge in [-0.2, -0.15) is 5.70 Å². The molecule has 0 aromatic carbocycles. The molecule has 0 heterocycles. The van der Waals surface area contributed by atoms with E-state index in [1.807, 2.05) is 0 Å². The van der Waals surface area contributed by atoms with Gasteiger partial charge < -0.3 is 27.7 Å². The van der Waals surface area contributed by atoms with Crippen LogP contribution in [0.4, 0.5) is 0 Å². The molecule has 0 nitrogen and oxygen atoms in total. The van der Waals surface area contributed by atoms with Crippen LogP contribution in [-0.2, 0) is 0 Å². The second kappa shape index (κ2) is 9.75. The van der Waals surface area contributed by atoms with Gasteiger partial charge in [0, 0.05) is 0 Å². The van der Waals surface area contributed by atoms with Crippen molar-refractivity contribution in [2.75, 3.05) is 0 Å². The molecule has 0 atom stereocenters. The van der Waals surface area contributed by atoms with Crippen LogP contribution >= 0.6 is 0 Å². The Labute approximate surface area is 95.8 Å². The Kier molecular flexibility index (Phi) is 24.3. The van der Waals surface area contributed by atoms with Gasteiger partial charge in [-0.25, -0.2) is 0 Å². The van der Waals surface area contributed by atoms with Crippen LogP contribution in [0.25, 0.3) is 0 Å².